The largest absolute Gasteiger partial charge is 0.403 e. The fraction of sp³-hybridized carbons (Fsp3) is 0.846. The molecule has 5 heteroatoms. The van der Waals surface area contributed by atoms with Crippen molar-refractivity contribution in [2.75, 3.05) is 13.2 Å². The molecule has 0 bridgehead atoms. The number of fused-ring (bicyclic) bond motifs is 1. The molecule has 0 aromatic carbocycles. The lowest BCUT2D eigenvalue weighted by Crippen LogP contribution is -2.48. The Morgan fingerprint density at radius 1 is 1.44 bits per heavy atom. The first-order valence-corrected chi connectivity index (χ1v) is 11.3. The molecule has 0 aromatic rings. The summed E-state index contributed by atoms with van der Waals surface area (Å²) in [6.07, 6.45) is 6.84. The Hall–Kier alpha value is 0.477. The lowest BCUT2D eigenvalue weighted by Gasteiger charge is -2.37. The van der Waals surface area contributed by atoms with Gasteiger partial charge in [0, 0.05) is 6.04 Å². The SMILES string of the molecule is C=P[Si](C=P)(OCC1CC2CC2CN1)C(C)(C)C. The maximum absolute atomic E-state index is 6.40. The van der Waals surface area contributed by atoms with E-state index in [1.807, 2.05) is 0 Å². The van der Waals surface area contributed by atoms with Gasteiger partial charge in [-0.05, 0) is 41.7 Å². The third-order valence-corrected chi connectivity index (χ3v) is 14.1. The summed E-state index contributed by atoms with van der Waals surface area (Å²) in [5.41, 5.74) is 2.13. The smallest absolute Gasteiger partial charge is 0.279 e. The van der Waals surface area contributed by atoms with Crippen LogP contribution in [-0.2, 0) is 4.43 Å². The van der Waals surface area contributed by atoms with Crippen LogP contribution in [-0.4, -0.2) is 38.9 Å². The van der Waals surface area contributed by atoms with Crippen molar-refractivity contribution < 1.29 is 4.43 Å². The minimum atomic E-state index is -1.93. The summed E-state index contributed by atoms with van der Waals surface area (Å²) in [5.74, 6) is 1.95. The molecule has 1 aliphatic heterocycles. The highest BCUT2D eigenvalue weighted by Crippen LogP contribution is 2.45. The number of piperidine rings is 1. The van der Waals surface area contributed by atoms with Crippen molar-refractivity contribution in [2.45, 2.75) is 44.7 Å². The van der Waals surface area contributed by atoms with Gasteiger partial charge in [0.05, 0.1) is 6.61 Å². The second-order valence-corrected chi connectivity index (χ2v) is 14.3. The monoisotopic (exact) mass is 301 g/mol. The fourth-order valence-electron chi connectivity index (χ4n) is 2.77. The zero-order valence-electron chi connectivity index (χ0n) is 11.7. The lowest BCUT2D eigenvalue weighted by atomic mass is 10.1. The quantitative estimate of drug-likeness (QED) is 0.622. The first-order chi connectivity index (χ1) is 8.42. The average molecular weight is 301 g/mol. The van der Waals surface area contributed by atoms with Crippen LogP contribution >= 0.6 is 16.6 Å². The normalized spacial score (nSPS) is 34.7. The topological polar surface area (TPSA) is 21.3 Å². The van der Waals surface area contributed by atoms with Gasteiger partial charge in [-0.15, -0.1) is 8.86 Å². The average Bonchev–Trinajstić information content (AvgIpc) is 3.07. The van der Waals surface area contributed by atoms with E-state index < -0.39 is 7.98 Å². The van der Waals surface area contributed by atoms with Crippen LogP contribution in [0.3, 0.4) is 0 Å². The molecule has 2 aliphatic rings. The predicted molar refractivity (Wildman–Crippen MR) is 87.8 cm³/mol. The molecule has 1 saturated heterocycles. The molecule has 102 valence electrons. The van der Waals surface area contributed by atoms with E-state index in [1.54, 1.807) is 0 Å². The molecule has 4 unspecified atom stereocenters. The zero-order valence-corrected chi connectivity index (χ0v) is 14.6. The highest BCUT2D eigenvalue weighted by Gasteiger charge is 2.45. The molecular weight excluding hydrogens is 276 g/mol. The lowest BCUT2D eigenvalue weighted by molar-refractivity contribution is 0.229. The van der Waals surface area contributed by atoms with Gasteiger partial charge in [-0.2, -0.15) is 0 Å². The summed E-state index contributed by atoms with van der Waals surface area (Å²) in [6, 6.07) is 0.552. The summed E-state index contributed by atoms with van der Waals surface area (Å²) in [7, 11) is 2.83. The Bertz CT molecular complexity index is 334. The minimum Gasteiger partial charge on any atom is -0.403 e. The molecule has 0 amide bonds. The molecular formula is C13H25NOP2Si. The second kappa shape index (κ2) is 5.46. The van der Waals surface area contributed by atoms with Crippen LogP contribution in [0, 0.1) is 11.8 Å². The summed E-state index contributed by atoms with van der Waals surface area (Å²) in [4.78, 5) is 0. The standard InChI is InChI=1S/C13H25NOP2Si/c1-13(2,3)18(9-16,17-4)15-8-12-6-10-5-11(10)7-14-12/h9-12,14,16H,4-8H2,1-3H3. The molecule has 1 saturated carbocycles. The molecule has 0 aromatic heterocycles. The summed E-state index contributed by atoms with van der Waals surface area (Å²) in [6.45, 7) is 8.83. The van der Waals surface area contributed by atoms with Crippen molar-refractivity contribution in [3.05, 3.63) is 0 Å². The van der Waals surface area contributed by atoms with E-state index >= 15 is 0 Å². The number of nitrogens with one attached hydrogen (secondary N) is 1. The van der Waals surface area contributed by atoms with E-state index in [0.717, 1.165) is 26.2 Å². The Kier molecular flexibility index (Phi) is 4.51. The van der Waals surface area contributed by atoms with Crippen molar-refractivity contribution in [2.24, 2.45) is 11.8 Å². The van der Waals surface area contributed by atoms with Crippen LogP contribution in [0.5, 0.6) is 0 Å². The highest BCUT2D eigenvalue weighted by molar-refractivity contribution is 7.86. The number of hydrogen-bond donors (Lipinski definition) is 1. The first kappa shape index (κ1) is 14.9. The molecule has 2 rings (SSSR count). The van der Waals surface area contributed by atoms with E-state index in [-0.39, 0.29) is 5.04 Å². The number of rotatable bonds is 5. The molecule has 1 aliphatic carbocycles. The van der Waals surface area contributed by atoms with Gasteiger partial charge in [-0.3, -0.25) is 0 Å². The van der Waals surface area contributed by atoms with Crippen molar-refractivity contribution >= 4 is 36.3 Å². The van der Waals surface area contributed by atoms with Crippen molar-refractivity contribution in [1.29, 1.82) is 0 Å². The number of hydrogen-bond acceptors (Lipinski definition) is 2. The molecule has 1 heterocycles. The fourth-order valence-corrected chi connectivity index (χ4v) is 9.40. The van der Waals surface area contributed by atoms with Gasteiger partial charge in [-0.25, -0.2) is 0 Å². The predicted octanol–water partition coefficient (Wildman–Crippen LogP) is 3.11. The van der Waals surface area contributed by atoms with E-state index in [4.69, 9.17) is 4.43 Å². The highest BCUT2D eigenvalue weighted by atomic mass is 31.3. The third kappa shape index (κ3) is 2.97. The van der Waals surface area contributed by atoms with E-state index in [9.17, 15) is 0 Å². The third-order valence-electron chi connectivity index (χ3n) is 4.33. The van der Waals surface area contributed by atoms with Gasteiger partial charge in [0.25, 0.3) is 7.98 Å². The molecule has 0 spiro atoms. The Labute approximate surface area is 116 Å². The first-order valence-electron chi connectivity index (χ1n) is 6.79. The molecule has 1 N–H and O–H groups in total. The maximum Gasteiger partial charge on any atom is 0.279 e. The zero-order chi connectivity index (χ0) is 13.4. The van der Waals surface area contributed by atoms with Gasteiger partial charge in [0.15, 0.2) is 0 Å². The van der Waals surface area contributed by atoms with Crippen LogP contribution in [0.15, 0.2) is 0 Å². The van der Waals surface area contributed by atoms with Crippen LogP contribution in [0.4, 0.5) is 0 Å². The Morgan fingerprint density at radius 3 is 2.67 bits per heavy atom. The molecule has 18 heavy (non-hydrogen) atoms. The Balaban J connectivity index is 1.93. The van der Waals surface area contributed by atoms with Gasteiger partial charge in [0.1, 0.15) is 0 Å². The maximum atomic E-state index is 6.40. The second-order valence-electron chi connectivity index (χ2n) is 6.66. The van der Waals surface area contributed by atoms with E-state index in [0.29, 0.717) is 6.04 Å². The van der Waals surface area contributed by atoms with Crippen molar-refractivity contribution in [3.8, 4) is 0 Å². The summed E-state index contributed by atoms with van der Waals surface area (Å²) >= 11 is 0. The summed E-state index contributed by atoms with van der Waals surface area (Å²) < 4.78 is 6.40. The van der Waals surface area contributed by atoms with Gasteiger partial charge in [0.2, 0.25) is 0 Å². The van der Waals surface area contributed by atoms with E-state index in [1.165, 1.54) is 19.4 Å². The van der Waals surface area contributed by atoms with Crippen LogP contribution < -0.4 is 5.32 Å². The minimum absolute atomic E-state index is 0.175. The van der Waals surface area contributed by atoms with Crippen LogP contribution in [0.2, 0.25) is 5.04 Å². The molecule has 0 radical (unpaired) electrons. The molecule has 2 nitrogen and oxygen atoms in total. The molecule has 2 fully saturated rings. The van der Waals surface area contributed by atoms with Gasteiger partial charge in [-0.1, -0.05) is 34.8 Å². The van der Waals surface area contributed by atoms with Gasteiger partial charge >= 0.3 is 0 Å². The van der Waals surface area contributed by atoms with E-state index in [2.05, 4.69) is 46.7 Å². The summed E-state index contributed by atoms with van der Waals surface area (Å²) in [5, 5.41) is 3.80. The van der Waals surface area contributed by atoms with Gasteiger partial charge < -0.3 is 9.74 Å². The molecule has 4 atom stereocenters. The van der Waals surface area contributed by atoms with Crippen molar-refractivity contribution in [1.82, 2.24) is 5.32 Å². The Morgan fingerprint density at radius 2 is 2.17 bits per heavy atom. The van der Waals surface area contributed by atoms with Crippen LogP contribution in [0.25, 0.3) is 0 Å². The van der Waals surface area contributed by atoms with Crippen molar-refractivity contribution in [3.63, 3.8) is 0 Å². The van der Waals surface area contributed by atoms with Crippen LogP contribution in [0.1, 0.15) is 33.6 Å².